The van der Waals surface area contributed by atoms with Crippen molar-refractivity contribution in [2.75, 3.05) is 32.8 Å². The molecule has 1 N–H and O–H groups in total. The lowest BCUT2D eigenvalue weighted by atomic mass is 10.4. The fraction of sp³-hybridized carbons (Fsp3) is 0.692. The average molecular weight is 381 g/mol. The average Bonchev–Trinajstić information content (AvgIpc) is 2.67. The lowest BCUT2D eigenvalue weighted by Crippen LogP contribution is -2.33. The van der Waals surface area contributed by atoms with E-state index in [9.17, 15) is 8.42 Å². The molecule has 21 heavy (non-hydrogen) atoms. The number of rotatable bonds is 6. The summed E-state index contributed by atoms with van der Waals surface area (Å²) < 4.78 is 37.8. The molecule has 2 rings (SSSR count). The van der Waals surface area contributed by atoms with Crippen LogP contribution in [0.1, 0.15) is 25.5 Å². The molecule has 0 bridgehead atoms. The summed E-state index contributed by atoms with van der Waals surface area (Å²) in [6, 6.07) is 1.59. The Balaban J connectivity index is 2.15. The second kappa shape index (κ2) is 7.73. The third-order valence-corrected chi connectivity index (χ3v) is 5.99. The predicted molar refractivity (Wildman–Crippen MR) is 82.6 cm³/mol. The normalized spacial score (nSPS) is 17.8. The fourth-order valence-electron chi connectivity index (χ4n) is 2.15. The Hall–Kier alpha value is -0.410. The zero-order valence-corrected chi connectivity index (χ0v) is 14.5. The quantitative estimate of drug-likeness (QED) is 0.763. The molecule has 1 saturated heterocycles. The van der Waals surface area contributed by atoms with E-state index in [1.54, 1.807) is 6.07 Å². The topological polar surface area (TPSA) is 71.8 Å². The molecule has 1 fully saturated rings. The molecule has 0 aliphatic carbocycles. The minimum atomic E-state index is -3.54. The summed E-state index contributed by atoms with van der Waals surface area (Å²) in [5, 5.41) is 3.19. The molecular formula is C13H21BrN2O4S. The molecule has 1 aromatic heterocycles. The van der Waals surface area contributed by atoms with Crippen LogP contribution >= 0.6 is 15.9 Å². The second-order valence-corrected chi connectivity index (χ2v) is 7.52. The van der Waals surface area contributed by atoms with Crippen molar-refractivity contribution in [1.82, 2.24) is 9.62 Å². The van der Waals surface area contributed by atoms with Gasteiger partial charge in [-0.05, 0) is 35.3 Å². The maximum absolute atomic E-state index is 12.7. The van der Waals surface area contributed by atoms with E-state index in [4.69, 9.17) is 9.15 Å². The zero-order valence-electron chi connectivity index (χ0n) is 12.1. The molecule has 1 aliphatic rings. The van der Waals surface area contributed by atoms with Gasteiger partial charge in [-0.2, -0.15) is 4.31 Å². The monoisotopic (exact) mass is 380 g/mol. The Kier molecular flexibility index (Phi) is 6.24. The van der Waals surface area contributed by atoms with Crippen molar-refractivity contribution in [1.29, 1.82) is 0 Å². The molecule has 0 atom stereocenters. The minimum absolute atomic E-state index is 0.192. The predicted octanol–water partition coefficient (Wildman–Crippen LogP) is 1.95. The SMILES string of the molecule is CCCNCc1cc(S(=O)(=O)N2CCCOCC2)c(Br)o1. The van der Waals surface area contributed by atoms with Crippen LogP contribution in [0.2, 0.25) is 0 Å². The highest BCUT2D eigenvalue weighted by Crippen LogP contribution is 2.29. The summed E-state index contributed by atoms with van der Waals surface area (Å²) in [4.78, 5) is 0.192. The van der Waals surface area contributed by atoms with Crippen molar-refractivity contribution in [3.8, 4) is 0 Å². The van der Waals surface area contributed by atoms with Gasteiger partial charge in [-0.3, -0.25) is 0 Å². The van der Waals surface area contributed by atoms with Crippen molar-refractivity contribution in [2.24, 2.45) is 0 Å². The first-order chi connectivity index (χ1) is 10.1. The van der Waals surface area contributed by atoms with Gasteiger partial charge >= 0.3 is 0 Å². The standard InChI is InChI=1S/C13H21BrN2O4S/c1-2-4-15-10-11-9-12(13(14)20-11)21(17,18)16-5-3-7-19-8-6-16/h9,15H,2-8,10H2,1H3. The number of ether oxygens (including phenoxy) is 1. The molecular weight excluding hydrogens is 360 g/mol. The third-order valence-electron chi connectivity index (χ3n) is 3.23. The summed E-state index contributed by atoms with van der Waals surface area (Å²) in [5.74, 6) is 0.611. The van der Waals surface area contributed by atoms with Gasteiger partial charge in [0.1, 0.15) is 10.7 Å². The number of halogens is 1. The highest BCUT2D eigenvalue weighted by molar-refractivity contribution is 9.10. The first-order valence-corrected chi connectivity index (χ1v) is 9.36. The third kappa shape index (κ3) is 4.29. The van der Waals surface area contributed by atoms with Crippen molar-refractivity contribution < 1.29 is 17.6 Å². The highest BCUT2D eigenvalue weighted by atomic mass is 79.9. The molecule has 0 saturated carbocycles. The molecule has 1 aromatic rings. The molecule has 120 valence electrons. The summed E-state index contributed by atoms with van der Waals surface area (Å²) in [6.07, 6.45) is 1.72. The van der Waals surface area contributed by atoms with Crippen LogP contribution in [0.5, 0.6) is 0 Å². The molecule has 0 radical (unpaired) electrons. The van der Waals surface area contributed by atoms with Crippen molar-refractivity contribution >= 4 is 26.0 Å². The molecule has 2 heterocycles. The molecule has 6 nitrogen and oxygen atoms in total. The van der Waals surface area contributed by atoms with Gasteiger partial charge in [0, 0.05) is 25.8 Å². The van der Waals surface area contributed by atoms with E-state index >= 15 is 0 Å². The molecule has 0 amide bonds. The minimum Gasteiger partial charge on any atom is -0.452 e. The lowest BCUT2D eigenvalue weighted by molar-refractivity contribution is 0.148. The number of sulfonamides is 1. The van der Waals surface area contributed by atoms with Gasteiger partial charge in [-0.25, -0.2) is 8.42 Å². The van der Waals surface area contributed by atoms with Crippen LogP contribution in [-0.4, -0.2) is 45.6 Å². The van der Waals surface area contributed by atoms with Crippen LogP contribution in [0.4, 0.5) is 0 Å². The number of nitrogens with one attached hydrogen (secondary N) is 1. The van der Waals surface area contributed by atoms with Gasteiger partial charge in [-0.15, -0.1) is 0 Å². The van der Waals surface area contributed by atoms with Crippen LogP contribution < -0.4 is 5.32 Å². The summed E-state index contributed by atoms with van der Waals surface area (Å²) in [7, 11) is -3.54. The van der Waals surface area contributed by atoms with Crippen LogP contribution in [0, 0.1) is 0 Å². The van der Waals surface area contributed by atoms with Crippen LogP contribution in [0.15, 0.2) is 20.0 Å². The first-order valence-electron chi connectivity index (χ1n) is 7.12. The molecule has 0 unspecified atom stereocenters. The van der Waals surface area contributed by atoms with E-state index in [2.05, 4.69) is 28.2 Å². The molecule has 1 aliphatic heterocycles. The van der Waals surface area contributed by atoms with Gasteiger partial charge in [-0.1, -0.05) is 6.92 Å². The largest absolute Gasteiger partial charge is 0.452 e. The van der Waals surface area contributed by atoms with E-state index in [1.165, 1.54) is 4.31 Å². The summed E-state index contributed by atoms with van der Waals surface area (Å²) in [5.41, 5.74) is 0. The van der Waals surface area contributed by atoms with Crippen molar-refractivity contribution in [2.45, 2.75) is 31.2 Å². The van der Waals surface area contributed by atoms with Gasteiger partial charge < -0.3 is 14.5 Å². The zero-order chi connectivity index (χ0) is 15.3. The number of hydrogen-bond donors (Lipinski definition) is 1. The molecule has 0 spiro atoms. The van der Waals surface area contributed by atoms with Gasteiger partial charge in [0.2, 0.25) is 10.0 Å². The van der Waals surface area contributed by atoms with Gasteiger partial charge in [0.15, 0.2) is 4.67 Å². The Morgan fingerprint density at radius 3 is 2.95 bits per heavy atom. The first kappa shape index (κ1) is 17.0. The van der Waals surface area contributed by atoms with E-state index in [0.717, 1.165) is 13.0 Å². The van der Waals surface area contributed by atoms with Gasteiger partial charge in [0.05, 0.1) is 13.2 Å². The maximum Gasteiger partial charge on any atom is 0.247 e. The van der Waals surface area contributed by atoms with E-state index in [1.807, 2.05) is 0 Å². The van der Waals surface area contributed by atoms with E-state index < -0.39 is 10.0 Å². The molecule has 8 heteroatoms. The Morgan fingerprint density at radius 1 is 1.38 bits per heavy atom. The summed E-state index contributed by atoms with van der Waals surface area (Å²) in [6.45, 7) is 5.34. The van der Waals surface area contributed by atoms with Gasteiger partial charge in [0.25, 0.3) is 0 Å². The maximum atomic E-state index is 12.7. The van der Waals surface area contributed by atoms with E-state index in [0.29, 0.717) is 45.0 Å². The number of hydrogen-bond acceptors (Lipinski definition) is 5. The fourth-order valence-corrected chi connectivity index (χ4v) is 4.58. The Labute approximate surface area is 134 Å². The Morgan fingerprint density at radius 2 is 2.19 bits per heavy atom. The number of furan rings is 1. The summed E-state index contributed by atoms with van der Waals surface area (Å²) >= 11 is 3.22. The van der Waals surface area contributed by atoms with Crippen LogP contribution in [0.3, 0.4) is 0 Å². The van der Waals surface area contributed by atoms with Crippen molar-refractivity contribution in [3.63, 3.8) is 0 Å². The van der Waals surface area contributed by atoms with Crippen LogP contribution in [-0.2, 0) is 21.3 Å². The lowest BCUT2D eigenvalue weighted by Gasteiger charge is -2.18. The van der Waals surface area contributed by atoms with Crippen molar-refractivity contribution in [3.05, 3.63) is 16.5 Å². The number of nitrogens with zero attached hydrogens (tertiary/aromatic N) is 1. The highest BCUT2D eigenvalue weighted by Gasteiger charge is 2.30. The molecule has 0 aromatic carbocycles. The smallest absolute Gasteiger partial charge is 0.247 e. The second-order valence-electron chi connectivity index (χ2n) is 4.90. The van der Waals surface area contributed by atoms with Crippen LogP contribution in [0.25, 0.3) is 0 Å². The van der Waals surface area contributed by atoms with E-state index in [-0.39, 0.29) is 9.56 Å². The Bertz CT molecular complexity index is 551.